The van der Waals surface area contributed by atoms with Crippen LogP contribution in [0.5, 0.6) is 0 Å². The second kappa shape index (κ2) is 4.61. The second-order valence-electron chi connectivity index (χ2n) is 3.77. The van der Waals surface area contributed by atoms with Gasteiger partial charge in [0.05, 0.1) is 6.61 Å². The van der Waals surface area contributed by atoms with Crippen LogP contribution in [-0.4, -0.2) is 42.8 Å². The van der Waals surface area contributed by atoms with Crippen LogP contribution in [0.2, 0.25) is 0 Å². The van der Waals surface area contributed by atoms with Crippen molar-refractivity contribution in [2.24, 2.45) is 11.5 Å². The van der Waals surface area contributed by atoms with Crippen molar-refractivity contribution in [2.45, 2.75) is 25.3 Å². The van der Waals surface area contributed by atoms with Crippen LogP contribution in [0.15, 0.2) is 0 Å². The Morgan fingerprint density at radius 3 is 2.93 bits per heavy atom. The van der Waals surface area contributed by atoms with Gasteiger partial charge in [-0.05, 0) is 26.3 Å². The molecule has 0 bridgehead atoms. The number of hydrogen-bond donors (Lipinski definition) is 2. The average Bonchev–Trinajstić information content (AvgIpc) is 2.49. The van der Waals surface area contributed by atoms with Crippen molar-refractivity contribution in [1.29, 1.82) is 0 Å². The normalized spacial score (nSPS) is 26.6. The number of nitrogens with two attached hydrogens (primary N) is 2. The third kappa shape index (κ3) is 2.59. The molecule has 82 valence electrons. The van der Waals surface area contributed by atoms with Crippen molar-refractivity contribution in [2.75, 3.05) is 26.2 Å². The molecule has 14 heavy (non-hydrogen) atoms. The van der Waals surface area contributed by atoms with Crippen molar-refractivity contribution >= 4 is 6.09 Å². The molecular weight excluding hydrogens is 182 g/mol. The van der Waals surface area contributed by atoms with E-state index in [0.717, 1.165) is 12.8 Å². The number of carbonyl (C=O) groups is 1. The van der Waals surface area contributed by atoms with Crippen LogP contribution in [0.25, 0.3) is 0 Å². The number of rotatable bonds is 3. The number of ether oxygens (including phenoxy) is 1. The minimum atomic E-state index is -0.304. The molecule has 0 aliphatic carbocycles. The molecule has 1 saturated heterocycles. The molecule has 0 spiro atoms. The van der Waals surface area contributed by atoms with Crippen molar-refractivity contribution in [3.05, 3.63) is 0 Å². The monoisotopic (exact) mass is 201 g/mol. The van der Waals surface area contributed by atoms with E-state index in [4.69, 9.17) is 16.2 Å². The van der Waals surface area contributed by atoms with E-state index in [1.807, 2.05) is 0 Å². The maximum absolute atomic E-state index is 11.4. The fraction of sp³-hybridized carbons (Fsp3) is 0.889. The molecule has 1 rings (SSSR count). The molecule has 1 amide bonds. The second-order valence-corrected chi connectivity index (χ2v) is 3.77. The Balaban J connectivity index is 2.43. The first-order valence-electron chi connectivity index (χ1n) is 5.02. The summed E-state index contributed by atoms with van der Waals surface area (Å²) in [6.45, 7) is 4.00. The maximum atomic E-state index is 11.4. The van der Waals surface area contributed by atoms with E-state index in [0.29, 0.717) is 26.2 Å². The third-order valence-corrected chi connectivity index (χ3v) is 2.55. The van der Waals surface area contributed by atoms with E-state index in [-0.39, 0.29) is 11.6 Å². The van der Waals surface area contributed by atoms with Gasteiger partial charge in [0.2, 0.25) is 0 Å². The molecule has 0 aromatic carbocycles. The van der Waals surface area contributed by atoms with Crippen LogP contribution < -0.4 is 11.5 Å². The number of amides is 1. The lowest BCUT2D eigenvalue weighted by Gasteiger charge is -2.23. The van der Waals surface area contributed by atoms with E-state index in [9.17, 15) is 4.79 Å². The number of likely N-dealkylation sites (tertiary alicyclic amines) is 1. The molecule has 1 atom stereocenters. The average molecular weight is 201 g/mol. The number of carbonyl (C=O) groups excluding carboxylic acids is 1. The van der Waals surface area contributed by atoms with E-state index in [1.165, 1.54) is 0 Å². The number of hydrogen-bond acceptors (Lipinski definition) is 4. The highest BCUT2D eigenvalue weighted by molar-refractivity contribution is 5.68. The molecule has 5 heteroatoms. The lowest BCUT2D eigenvalue weighted by Crippen LogP contribution is -2.45. The lowest BCUT2D eigenvalue weighted by molar-refractivity contribution is 0.113. The van der Waals surface area contributed by atoms with Gasteiger partial charge >= 0.3 is 6.09 Å². The molecule has 1 fully saturated rings. The summed E-state index contributed by atoms with van der Waals surface area (Å²) in [4.78, 5) is 13.0. The van der Waals surface area contributed by atoms with Crippen LogP contribution in [0.1, 0.15) is 19.8 Å². The Labute approximate surface area is 84.4 Å². The molecular formula is C9H19N3O2. The summed E-state index contributed by atoms with van der Waals surface area (Å²) >= 11 is 0. The Bertz CT molecular complexity index is 210. The molecule has 1 unspecified atom stereocenters. The van der Waals surface area contributed by atoms with Gasteiger partial charge in [0.1, 0.15) is 0 Å². The summed E-state index contributed by atoms with van der Waals surface area (Å²) in [5.41, 5.74) is 11.2. The standard InChI is InChI=1S/C9H19N3O2/c1-2-14-8(13)12-6-4-9(11,7-12)3-5-10/h2-7,10-11H2,1H3. The van der Waals surface area contributed by atoms with Gasteiger partial charge in [-0.25, -0.2) is 4.79 Å². The summed E-state index contributed by atoms with van der Waals surface area (Å²) in [5.74, 6) is 0. The smallest absolute Gasteiger partial charge is 0.409 e. The Kier molecular flexibility index (Phi) is 3.71. The van der Waals surface area contributed by atoms with Crippen LogP contribution in [0.3, 0.4) is 0 Å². The quantitative estimate of drug-likeness (QED) is 0.667. The van der Waals surface area contributed by atoms with Crippen LogP contribution in [0, 0.1) is 0 Å². The van der Waals surface area contributed by atoms with Crippen LogP contribution in [-0.2, 0) is 4.74 Å². The zero-order valence-electron chi connectivity index (χ0n) is 8.66. The van der Waals surface area contributed by atoms with Gasteiger partial charge in [0, 0.05) is 18.6 Å². The highest BCUT2D eigenvalue weighted by Gasteiger charge is 2.36. The van der Waals surface area contributed by atoms with Crippen molar-refractivity contribution in [3.63, 3.8) is 0 Å². The summed E-state index contributed by atoms with van der Waals surface area (Å²) in [7, 11) is 0. The largest absolute Gasteiger partial charge is 0.450 e. The van der Waals surface area contributed by atoms with Crippen LogP contribution >= 0.6 is 0 Å². The van der Waals surface area contributed by atoms with E-state index < -0.39 is 0 Å². The molecule has 4 N–H and O–H groups in total. The first-order chi connectivity index (χ1) is 6.61. The van der Waals surface area contributed by atoms with Gasteiger partial charge in [-0.15, -0.1) is 0 Å². The van der Waals surface area contributed by atoms with E-state index >= 15 is 0 Å². The molecule has 0 aromatic rings. The van der Waals surface area contributed by atoms with Gasteiger partial charge in [-0.3, -0.25) is 0 Å². The fourth-order valence-corrected chi connectivity index (χ4v) is 1.76. The topological polar surface area (TPSA) is 81.6 Å². The maximum Gasteiger partial charge on any atom is 0.409 e. The first kappa shape index (κ1) is 11.3. The fourth-order valence-electron chi connectivity index (χ4n) is 1.76. The van der Waals surface area contributed by atoms with E-state index in [2.05, 4.69) is 0 Å². The van der Waals surface area contributed by atoms with Gasteiger partial charge < -0.3 is 21.1 Å². The van der Waals surface area contributed by atoms with Gasteiger partial charge in [-0.1, -0.05) is 0 Å². The molecule has 0 saturated carbocycles. The highest BCUT2D eigenvalue weighted by Crippen LogP contribution is 2.21. The summed E-state index contributed by atoms with van der Waals surface area (Å²) < 4.78 is 4.90. The SMILES string of the molecule is CCOC(=O)N1CCC(N)(CCN)C1. The minimum absolute atomic E-state index is 0.267. The van der Waals surface area contributed by atoms with Gasteiger partial charge in [0.25, 0.3) is 0 Å². The summed E-state index contributed by atoms with van der Waals surface area (Å²) in [5, 5.41) is 0. The molecule has 1 heterocycles. The molecule has 5 nitrogen and oxygen atoms in total. The molecule has 0 aromatic heterocycles. The third-order valence-electron chi connectivity index (χ3n) is 2.55. The summed E-state index contributed by atoms with van der Waals surface area (Å²) in [6.07, 6.45) is 1.29. The number of nitrogens with zero attached hydrogens (tertiary/aromatic N) is 1. The van der Waals surface area contributed by atoms with E-state index in [1.54, 1.807) is 11.8 Å². The predicted molar refractivity (Wildman–Crippen MR) is 53.8 cm³/mol. The van der Waals surface area contributed by atoms with Crippen molar-refractivity contribution in [1.82, 2.24) is 4.90 Å². The lowest BCUT2D eigenvalue weighted by atomic mass is 9.96. The first-order valence-corrected chi connectivity index (χ1v) is 5.02. The van der Waals surface area contributed by atoms with Gasteiger partial charge in [0.15, 0.2) is 0 Å². The Hall–Kier alpha value is -0.810. The zero-order chi connectivity index (χ0) is 10.6. The van der Waals surface area contributed by atoms with Gasteiger partial charge in [-0.2, -0.15) is 0 Å². The van der Waals surface area contributed by atoms with Crippen molar-refractivity contribution < 1.29 is 9.53 Å². The molecule has 1 aliphatic heterocycles. The zero-order valence-corrected chi connectivity index (χ0v) is 8.66. The highest BCUT2D eigenvalue weighted by atomic mass is 16.6. The Morgan fingerprint density at radius 1 is 1.64 bits per heavy atom. The molecule has 1 aliphatic rings. The summed E-state index contributed by atoms with van der Waals surface area (Å²) in [6, 6.07) is 0. The van der Waals surface area contributed by atoms with Crippen LogP contribution in [0.4, 0.5) is 4.79 Å². The molecule has 0 radical (unpaired) electrons. The minimum Gasteiger partial charge on any atom is -0.450 e. The Morgan fingerprint density at radius 2 is 2.36 bits per heavy atom. The predicted octanol–water partition coefficient (Wildman–Crippen LogP) is -0.105. The van der Waals surface area contributed by atoms with Crippen molar-refractivity contribution in [3.8, 4) is 0 Å².